The lowest BCUT2D eigenvalue weighted by Gasteiger charge is -2.32. The molecule has 1 aliphatic rings. The molecule has 1 aliphatic heterocycles. The summed E-state index contributed by atoms with van der Waals surface area (Å²) in [6.07, 6.45) is 2.77. The van der Waals surface area contributed by atoms with Crippen molar-refractivity contribution in [3.05, 3.63) is 35.4 Å². The Morgan fingerprint density at radius 3 is 2.74 bits per heavy atom. The number of aryl methyl sites for hydroxylation is 1. The number of nitrogens with zero attached hydrogens (tertiary/aromatic N) is 2. The fourth-order valence-electron chi connectivity index (χ4n) is 2.76. The van der Waals surface area contributed by atoms with Crippen molar-refractivity contribution < 1.29 is 13.2 Å². The summed E-state index contributed by atoms with van der Waals surface area (Å²) in [6, 6.07) is 7.65. The van der Waals surface area contributed by atoms with Gasteiger partial charge < -0.3 is 10.2 Å². The van der Waals surface area contributed by atoms with Crippen LogP contribution in [0, 0.1) is 6.92 Å². The van der Waals surface area contributed by atoms with Crippen LogP contribution in [0.1, 0.15) is 24.0 Å². The molecule has 2 rings (SSSR count). The van der Waals surface area contributed by atoms with Crippen LogP contribution in [0.3, 0.4) is 0 Å². The van der Waals surface area contributed by atoms with Gasteiger partial charge in [0.05, 0.1) is 6.26 Å². The molecule has 1 N–H and O–H groups in total. The number of amides is 2. The molecular formula is C16H25N3O3S. The Morgan fingerprint density at radius 1 is 1.39 bits per heavy atom. The Hall–Kier alpha value is -1.60. The normalized spacial score (nSPS) is 19.3. The van der Waals surface area contributed by atoms with Crippen LogP contribution in [0.5, 0.6) is 0 Å². The summed E-state index contributed by atoms with van der Waals surface area (Å²) < 4.78 is 24.7. The number of piperidine rings is 1. The first-order valence-electron chi connectivity index (χ1n) is 7.78. The molecule has 0 aromatic heterocycles. The van der Waals surface area contributed by atoms with E-state index in [1.165, 1.54) is 10.6 Å². The molecule has 1 unspecified atom stereocenters. The van der Waals surface area contributed by atoms with Crippen LogP contribution in [0.4, 0.5) is 4.79 Å². The fraction of sp³-hybridized carbons (Fsp3) is 0.562. The average molecular weight is 339 g/mol. The van der Waals surface area contributed by atoms with Crippen molar-refractivity contribution in [2.45, 2.75) is 32.4 Å². The second kappa shape index (κ2) is 7.31. The zero-order chi connectivity index (χ0) is 17.0. The molecule has 0 bridgehead atoms. The molecule has 23 heavy (non-hydrogen) atoms. The maximum atomic E-state index is 12.3. The Morgan fingerprint density at radius 2 is 2.09 bits per heavy atom. The smallest absolute Gasteiger partial charge is 0.317 e. The summed E-state index contributed by atoms with van der Waals surface area (Å²) in [5, 5.41) is 2.94. The maximum absolute atomic E-state index is 12.3. The summed E-state index contributed by atoms with van der Waals surface area (Å²) in [6.45, 7) is 3.43. The molecule has 1 atom stereocenters. The number of sulfonamides is 1. The van der Waals surface area contributed by atoms with E-state index < -0.39 is 10.0 Å². The van der Waals surface area contributed by atoms with Gasteiger partial charge in [0, 0.05) is 32.7 Å². The number of hydrogen-bond acceptors (Lipinski definition) is 3. The Balaban J connectivity index is 1.92. The molecule has 0 radical (unpaired) electrons. The van der Waals surface area contributed by atoms with Crippen molar-refractivity contribution in [2.24, 2.45) is 0 Å². The van der Waals surface area contributed by atoms with E-state index in [1.807, 2.05) is 31.2 Å². The lowest BCUT2D eigenvalue weighted by Crippen LogP contribution is -2.51. The van der Waals surface area contributed by atoms with Crippen molar-refractivity contribution in [1.82, 2.24) is 14.5 Å². The molecular weight excluding hydrogens is 314 g/mol. The Bertz CT molecular complexity index is 660. The number of carbonyl (C=O) groups excluding carboxylic acids is 1. The number of nitrogens with one attached hydrogen (secondary N) is 1. The van der Waals surface area contributed by atoms with Gasteiger partial charge in [0.2, 0.25) is 10.0 Å². The molecule has 0 spiro atoms. The Labute approximate surface area is 138 Å². The van der Waals surface area contributed by atoms with Gasteiger partial charge in [-0.1, -0.05) is 24.3 Å². The second-order valence-corrected chi connectivity index (χ2v) is 8.17. The third-order valence-electron chi connectivity index (χ3n) is 4.20. The van der Waals surface area contributed by atoms with Crippen LogP contribution >= 0.6 is 0 Å². The summed E-state index contributed by atoms with van der Waals surface area (Å²) in [5.41, 5.74) is 2.25. The van der Waals surface area contributed by atoms with Gasteiger partial charge in [0.1, 0.15) is 0 Å². The molecule has 1 saturated heterocycles. The Kier molecular flexibility index (Phi) is 5.64. The molecule has 0 saturated carbocycles. The van der Waals surface area contributed by atoms with Gasteiger partial charge in [-0.25, -0.2) is 17.5 Å². The zero-order valence-electron chi connectivity index (χ0n) is 13.9. The molecule has 1 heterocycles. The number of carbonyl (C=O) groups is 1. The lowest BCUT2D eigenvalue weighted by molar-refractivity contribution is 0.194. The van der Waals surface area contributed by atoms with Crippen molar-refractivity contribution in [2.75, 3.05) is 26.4 Å². The molecule has 1 aromatic carbocycles. The van der Waals surface area contributed by atoms with E-state index in [1.54, 1.807) is 11.9 Å². The number of urea groups is 1. The van der Waals surface area contributed by atoms with Crippen molar-refractivity contribution in [1.29, 1.82) is 0 Å². The maximum Gasteiger partial charge on any atom is 0.317 e. The quantitative estimate of drug-likeness (QED) is 0.905. The largest absolute Gasteiger partial charge is 0.334 e. The number of rotatable bonds is 4. The molecule has 1 aromatic rings. The molecule has 7 heteroatoms. The molecule has 6 nitrogen and oxygen atoms in total. The highest BCUT2D eigenvalue weighted by Gasteiger charge is 2.27. The summed E-state index contributed by atoms with van der Waals surface area (Å²) in [4.78, 5) is 14.0. The van der Waals surface area contributed by atoms with Gasteiger partial charge in [-0.2, -0.15) is 0 Å². The van der Waals surface area contributed by atoms with Crippen LogP contribution in [-0.2, 0) is 16.6 Å². The first-order valence-corrected chi connectivity index (χ1v) is 9.63. The summed E-state index contributed by atoms with van der Waals surface area (Å²) >= 11 is 0. The van der Waals surface area contributed by atoms with E-state index in [0.29, 0.717) is 19.6 Å². The van der Waals surface area contributed by atoms with Gasteiger partial charge in [-0.15, -0.1) is 0 Å². The standard InChI is InChI=1S/C16H25N3O3S/c1-13-7-4-5-8-14(13)11-18(2)16(20)17-15-9-6-10-19(12-15)23(3,21)22/h4-5,7-8,15H,6,9-12H2,1-3H3,(H,17,20). The van der Waals surface area contributed by atoms with Gasteiger partial charge >= 0.3 is 6.03 Å². The zero-order valence-corrected chi connectivity index (χ0v) is 14.8. The highest BCUT2D eigenvalue weighted by Crippen LogP contribution is 2.14. The first-order chi connectivity index (χ1) is 10.8. The van der Waals surface area contributed by atoms with Crippen LogP contribution in [0.15, 0.2) is 24.3 Å². The second-order valence-electron chi connectivity index (χ2n) is 6.19. The minimum atomic E-state index is -3.20. The van der Waals surface area contributed by atoms with Gasteiger partial charge in [-0.05, 0) is 30.9 Å². The lowest BCUT2D eigenvalue weighted by atomic mass is 10.1. The van der Waals surface area contributed by atoms with E-state index >= 15 is 0 Å². The van der Waals surface area contributed by atoms with E-state index in [-0.39, 0.29) is 12.1 Å². The van der Waals surface area contributed by atoms with Gasteiger partial charge in [-0.3, -0.25) is 0 Å². The van der Waals surface area contributed by atoms with Gasteiger partial charge in [0.25, 0.3) is 0 Å². The van der Waals surface area contributed by atoms with Crippen LogP contribution in [-0.4, -0.2) is 56.1 Å². The van der Waals surface area contributed by atoms with Crippen LogP contribution < -0.4 is 5.32 Å². The van der Waals surface area contributed by atoms with Gasteiger partial charge in [0.15, 0.2) is 0 Å². The highest BCUT2D eigenvalue weighted by molar-refractivity contribution is 7.88. The van der Waals surface area contributed by atoms with Crippen molar-refractivity contribution in [3.63, 3.8) is 0 Å². The van der Waals surface area contributed by atoms with E-state index in [4.69, 9.17) is 0 Å². The topological polar surface area (TPSA) is 69.7 Å². The number of benzene rings is 1. The molecule has 0 aliphatic carbocycles. The van der Waals surface area contributed by atoms with E-state index in [0.717, 1.165) is 24.0 Å². The molecule has 1 fully saturated rings. The molecule has 2 amide bonds. The van der Waals surface area contributed by atoms with E-state index in [2.05, 4.69) is 5.32 Å². The average Bonchev–Trinajstić information content (AvgIpc) is 2.49. The minimum absolute atomic E-state index is 0.134. The summed E-state index contributed by atoms with van der Waals surface area (Å²) in [5.74, 6) is 0. The van der Waals surface area contributed by atoms with Crippen LogP contribution in [0.2, 0.25) is 0 Å². The third kappa shape index (κ3) is 4.94. The minimum Gasteiger partial charge on any atom is -0.334 e. The first kappa shape index (κ1) is 17.7. The fourth-order valence-corrected chi connectivity index (χ4v) is 3.67. The third-order valence-corrected chi connectivity index (χ3v) is 5.47. The number of hydrogen-bond donors (Lipinski definition) is 1. The molecule has 128 valence electrons. The highest BCUT2D eigenvalue weighted by atomic mass is 32.2. The SMILES string of the molecule is Cc1ccccc1CN(C)C(=O)NC1CCCN(S(C)(=O)=O)C1. The van der Waals surface area contributed by atoms with E-state index in [9.17, 15) is 13.2 Å². The van der Waals surface area contributed by atoms with Crippen molar-refractivity contribution in [3.8, 4) is 0 Å². The predicted molar refractivity (Wildman–Crippen MR) is 90.6 cm³/mol. The van der Waals surface area contributed by atoms with Crippen molar-refractivity contribution >= 4 is 16.1 Å². The monoisotopic (exact) mass is 339 g/mol. The summed E-state index contributed by atoms with van der Waals surface area (Å²) in [7, 11) is -1.45. The van der Waals surface area contributed by atoms with Crippen LogP contribution in [0.25, 0.3) is 0 Å². The predicted octanol–water partition coefficient (Wildman–Crippen LogP) is 1.56.